The average molecular weight is 793 g/mol. The molecule has 1 fully saturated rings. The maximum absolute atomic E-state index is 12.7. The molecule has 55 heavy (non-hydrogen) atoms. The van der Waals surface area contributed by atoms with E-state index in [1.54, 1.807) is 12.1 Å². The number of carboxylic acids is 1. The molecule has 0 atom stereocenters. The molecule has 2 heterocycles. The number of aromatic nitrogens is 1. The van der Waals surface area contributed by atoms with Gasteiger partial charge in [-0.3, -0.25) is 10.1 Å². The van der Waals surface area contributed by atoms with Crippen molar-refractivity contribution in [2.45, 2.75) is 36.5 Å². The van der Waals surface area contributed by atoms with Gasteiger partial charge in [0.15, 0.2) is 0 Å². The highest BCUT2D eigenvalue weighted by molar-refractivity contribution is 8.00. The predicted octanol–water partition coefficient (Wildman–Crippen LogP) is 10.3. The molecule has 3 N–H and O–H groups in total. The standard InChI is InChI=1S/C42H41ClN6O4S2/c1-27-23-30(40-39(42(50)51)28(2)46(3)41(40)29-9-11-31(43)12-10-29)25-34(24-27)48-21-19-47(20-22-48)33-15-13-32(14-16-33)44-55-36-17-18-37(38(26-36)49(52)53)45-54-35-7-5-4-6-8-35/h4-13,15,17-18,23-26,44-45H,14,16,19-22H2,1-3H3,(H,50,51). The summed E-state index contributed by atoms with van der Waals surface area (Å²) in [5, 5.41) is 22.9. The number of aromatic carboxylic acids is 1. The van der Waals surface area contributed by atoms with Crippen molar-refractivity contribution >= 4 is 58.5 Å². The Bertz CT molecular complexity index is 2300. The molecule has 10 nitrogen and oxygen atoms in total. The second-order valence-electron chi connectivity index (χ2n) is 13.6. The quantitative estimate of drug-likeness (QED) is 0.0641. The summed E-state index contributed by atoms with van der Waals surface area (Å²) >= 11 is 8.92. The summed E-state index contributed by atoms with van der Waals surface area (Å²) in [4.78, 5) is 30.7. The summed E-state index contributed by atoms with van der Waals surface area (Å²) in [7, 11) is 1.91. The van der Waals surface area contributed by atoms with Gasteiger partial charge in [0.2, 0.25) is 0 Å². The van der Waals surface area contributed by atoms with Crippen LogP contribution >= 0.6 is 35.5 Å². The number of nitro benzene ring substituents is 1. The van der Waals surface area contributed by atoms with Gasteiger partial charge < -0.3 is 28.9 Å². The first-order valence-corrected chi connectivity index (χ1v) is 20.0. The van der Waals surface area contributed by atoms with Gasteiger partial charge in [-0.2, -0.15) is 0 Å². The summed E-state index contributed by atoms with van der Waals surface area (Å²) in [5.41, 5.74) is 9.34. The summed E-state index contributed by atoms with van der Waals surface area (Å²) in [6.07, 6.45) is 6.01. The fourth-order valence-electron chi connectivity index (χ4n) is 7.15. The smallest absolute Gasteiger partial charge is 0.338 e. The van der Waals surface area contributed by atoms with Gasteiger partial charge in [0.1, 0.15) is 5.69 Å². The molecule has 0 saturated carbocycles. The number of benzene rings is 4. The molecule has 1 saturated heterocycles. The molecule has 1 aromatic heterocycles. The van der Waals surface area contributed by atoms with E-state index in [0.717, 1.165) is 82.6 Å². The van der Waals surface area contributed by atoms with Crippen molar-refractivity contribution in [3.05, 3.63) is 146 Å². The fourth-order valence-corrected chi connectivity index (χ4v) is 8.69. The van der Waals surface area contributed by atoms with E-state index in [4.69, 9.17) is 11.6 Å². The Balaban J connectivity index is 1.00. The van der Waals surface area contributed by atoms with Crippen molar-refractivity contribution in [3.8, 4) is 22.4 Å². The average Bonchev–Trinajstić information content (AvgIpc) is 3.46. The molecular formula is C42H41ClN6O4S2. The molecular weight excluding hydrogens is 752 g/mol. The number of rotatable bonds is 12. The molecule has 1 aliphatic carbocycles. The van der Waals surface area contributed by atoms with Crippen LogP contribution in [0.25, 0.3) is 22.4 Å². The molecule has 5 aromatic rings. The van der Waals surface area contributed by atoms with Crippen LogP contribution in [0.15, 0.2) is 124 Å². The van der Waals surface area contributed by atoms with Crippen molar-refractivity contribution in [2.24, 2.45) is 7.05 Å². The molecule has 1 aliphatic heterocycles. The molecule has 0 radical (unpaired) electrons. The van der Waals surface area contributed by atoms with Crippen LogP contribution in [-0.4, -0.2) is 51.6 Å². The summed E-state index contributed by atoms with van der Waals surface area (Å²) in [6.45, 7) is 7.32. The van der Waals surface area contributed by atoms with Crippen LogP contribution in [0.3, 0.4) is 0 Å². The number of hydrogen-bond acceptors (Lipinski definition) is 9. The fraction of sp³-hybridized carbons (Fsp3) is 0.214. The van der Waals surface area contributed by atoms with E-state index in [9.17, 15) is 20.0 Å². The summed E-state index contributed by atoms with van der Waals surface area (Å²) < 4.78 is 8.48. The van der Waals surface area contributed by atoms with E-state index in [-0.39, 0.29) is 10.6 Å². The number of halogens is 1. The zero-order valence-electron chi connectivity index (χ0n) is 30.7. The Hall–Kier alpha value is -5.30. The monoisotopic (exact) mass is 792 g/mol. The lowest BCUT2D eigenvalue weighted by Gasteiger charge is -2.39. The van der Waals surface area contributed by atoms with Gasteiger partial charge in [-0.05, 0) is 128 Å². The van der Waals surface area contributed by atoms with Crippen molar-refractivity contribution < 1.29 is 14.8 Å². The molecule has 7 rings (SSSR count). The highest BCUT2D eigenvalue weighted by atomic mass is 35.5. The Kier molecular flexibility index (Phi) is 11.5. The molecule has 4 aromatic carbocycles. The lowest BCUT2D eigenvalue weighted by Crippen LogP contribution is -2.46. The minimum absolute atomic E-state index is 0.0268. The third-order valence-corrected chi connectivity index (χ3v) is 12.0. The highest BCUT2D eigenvalue weighted by Crippen LogP contribution is 2.41. The largest absolute Gasteiger partial charge is 0.478 e. The molecule has 0 amide bonds. The molecule has 282 valence electrons. The molecule has 13 heteroatoms. The van der Waals surface area contributed by atoms with Gasteiger partial charge in [-0.1, -0.05) is 48.0 Å². The summed E-state index contributed by atoms with van der Waals surface area (Å²) in [6, 6.07) is 28.8. The number of nitrogens with zero attached hydrogens (tertiary/aromatic N) is 4. The van der Waals surface area contributed by atoms with E-state index in [1.165, 1.54) is 29.6 Å². The highest BCUT2D eigenvalue weighted by Gasteiger charge is 2.27. The van der Waals surface area contributed by atoms with Crippen molar-refractivity contribution in [1.82, 2.24) is 14.2 Å². The Morgan fingerprint density at radius 1 is 0.818 bits per heavy atom. The first-order valence-electron chi connectivity index (χ1n) is 17.9. The summed E-state index contributed by atoms with van der Waals surface area (Å²) in [5.74, 6) is -0.948. The molecule has 0 spiro atoms. The second kappa shape index (κ2) is 16.6. The van der Waals surface area contributed by atoms with Crippen molar-refractivity contribution in [2.75, 3.05) is 35.8 Å². The van der Waals surface area contributed by atoms with E-state index in [0.29, 0.717) is 27.5 Å². The van der Waals surface area contributed by atoms with Gasteiger partial charge in [0.05, 0.1) is 16.2 Å². The van der Waals surface area contributed by atoms with Crippen LogP contribution in [0.4, 0.5) is 17.1 Å². The number of carbonyl (C=O) groups is 1. The normalized spacial score (nSPS) is 14.3. The SMILES string of the molecule is Cc1cc(-c2c(C(=O)O)c(C)n(C)c2-c2ccc(Cl)cc2)cc(N2CCN(C3=CC=C(NSc4ccc(NSc5ccccc5)c([N+](=O)[O-])c4)CC3)CC2)c1. The zero-order valence-corrected chi connectivity index (χ0v) is 33.1. The molecule has 0 bridgehead atoms. The Morgan fingerprint density at radius 2 is 1.53 bits per heavy atom. The minimum Gasteiger partial charge on any atom is -0.478 e. The van der Waals surface area contributed by atoms with E-state index < -0.39 is 5.97 Å². The number of allylic oxidation sites excluding steroid dienone is 4. The predicted molar refractivity (Wildman–Crippen MR) is 225 cm³/mol. The van der Waals surface area contributed by atoms with Crippen molar-refractivity contribution in [3.63, 3.8) is 0 Å². The number of aryl methyl sites for hydroxylation is 1. The van der Waals surface area contributed by atoms with Crippen LogP contribution < -0.4 is 14.3 Å². The number of carboxylic acid groups (broad SMARTS) is 1. The topological polar surface area (TPSA) is 116 Å². The van der Waals surface area contributed by atoms with E-state index >= 15 is 0 Å². The van der Waals surface area contributed by atoms with Crippen LogP contribution in [0.1, 0.15) is 34.5 Å². The third-order valence-electron chi connectivity index (χ3n) is 10.0. The maximum atomic E-state index is 12.7. The third kappa shape index (κ3) is 8.51. The lowest BCUT2D eigenvalue weighted by atomic mass is 9.95. The Labute approximate surface area is 334 Å². The number of hydrogen-bond donors (Lipinski definition) is 3. The molecule has 0 unspecified atom stereocenters. The minimum atomic E-state index is -0.948. The van der Waals surface area contributed by atoms with Gasteiger partial charge >= 0.3 is 5.97 Å². The number of piperazine rings is 1. The zero-order chi connectivity index (χ0) is 38.6. The van der Waals surface area contributed by atoms with Gasteiger partial charge in [0, 0.05) is 82.4 Å². The van der Waals surface area contributed by atoms with E-state index in [1.807, 2.05) is 79.2 Å². The number of nitrogens with one attached hydrogen (secondary N) is 2. The maximum Gasteiger partial charge on any atom is 0.338 e. The van der Waals surface area contributed by atoms with Gasteiger partial charge in [0.25, 0.3) is 5.69 Å². The first-order chi connectivity index (χ1) is 26.5. The van der Waals surface area contributed by atoms with Crippen LogP contribution in [0, 0.1) is 24.0 Å². The van der Waals surface area contributed by atoms with Crippen LogP contribution in [0.5, 0.6) is 0 Å². The van der Waals surface area contributed by atoms with Gasteiger partial charge in [-0.25, -0.2) is 4.79 Å². The number of nitro groups is 1. The first kappa shape index (κ1) is 38.0. The molecule has 2 aliphatic rings. The number of anilines is 2. The van der Waals surface area contributed by atoms with Crippen LogP contribution in [-0.2, 0) is 7.05 Å². The Morgan fingerprint density at radius 3 is 2.20 bits per heavy atom. The van der Waals surface area contributed by atoms with Crippen molar-refractivity contribution in [1.29, 1.82) is 0 Å². The van der Waals surface area contributed by atoms with Gasteiger partial charge in [-0.15, -0.1) is 0 Å². The van der Waals surface area contributed by atoms with E-state index in [2.05, 4.69) is 56.5 Å². The second-order valence-corrected chi connectivity index (χ2v) is 15.8. The van der Waals surface area contributed by atoms with Crippen LogP contribution in [0.2, 0.25) is 5.02 Å². The lowest BCUT2D eigenvalue weighted by molar-refractivity contribution is -0.384.